The summed E-state index contributed by atoms with van der Waals surface area (Å²) in [7, 11) is 0. The molecule has 0 saturated carbocycles. The third kappa shape index (κ3) is 2.94. The number of esters is 1. The Balaban J connectivity index is 1.95. The van der Waals surface area contributed by atoms with Gasteiger partial charge < -0.3 is 4.74 Å². The molecule has 1 aliphatic rings. The molecule has 3 rings (SSSR count). The van der Waals surface area contributed by atoms with E-state index in [1.165, 1.54) is 25.1 Å². The number of rotatable bonds is 4. The number of imide groups is 1. The van der Waals surface area contributed by atoms with Gasteiger partial charge in [0.2, 0.25) is 0 Å². The predicted octanol–water partition coefficient (Wildman–Crippen LogP) is 2.54. The van der Waals surface area contributed by atoms with Gasteiger partial charge in [-0.2, -0.15) is 0 Å². The third-order valence-corrected chi connectivity index (χ3v) is 3.89. The molecule has 0 saturated heterocycles. The number of para-hydroxylation sites is 1. The van der Waals surface area contributed by atoms with Gasteiger partial charge in [0.1, 0.15) is 6.61 Å². The van der Waals surface area contributed by atoms with Crippen molar-refractivity contribution in [1.29, 1.82) is 0 Å². The van der Waals surface area contributed by atoms with Crippen molar-refractivity contribution in [2.24, 2.45) is 0 Å². The summed E-state index contributed by atoms with van der Waals surface area (Å²) in [5, 5.41) is 0. The van der Waals surface area contributed by atoms with E-state index in [1.807, 2.05) is 19.1 Å². The molecule has 0 spiro atoms. The van der Waals surface area contributed by atoms with Gasteiger partial charge in [0.25, 0.3) is 11.8 Å². The Bertz CT molecular complexity index is 916. The van der Waals surface area contributed by atoms with E-state index >= 15 is 0 Å². The first-order chi connectivity index (χ1) is 11.9. The normalized spacial score (nSPS) is 13.0. The second-order valence-electron chi connectivity index (χ2n) is 5.77. The molecular weight excluding hydrogens is 322 g/mol. The monoisotopic (exact) mass is 337 g/mol. The lowest BCUT2D eigenvalue weighted by atomic mass is 10.1. The molecule has 0 fully saturated rings. The van der Waals surface area contributed by atoms with Gasteiger partial charge in [0.15, 0.2) is 5.78 Å². The molecule has 0 N–H and O–H groups in total. The van der Waals surface area contributed by atoms with Crippen LogP contribution in [0.15, 0.2) is 42.5 Å². The van der Waals surface area contributed by atoms with E-state index < -0.39 is 17.8 Å². The predicted molar refractivity (Wildman–Crippen MR) is 89.7 cm³/mol. The van der Waals surface area contributed by atoms with Crippen LogP contribution in [-0.2, 0) is 9.53 Å². The molecule has 0 aromatic heterocycles. The highest BCUT2D eigenvalue weighted by molar-refractivity contribution is 6.34. The molecule has 25 heavy (non-hydrogen) atoms. The number of ether oxygens (including phenoxy) is 1. The maximum atomic E-state index is 12.7. The first-order valence-electron chi connectivity index (χ1n) is 7.65. The number of fused-ring (bicyclic) bond motifs is 1. The van der Waals surface area contributed by atoms with Crippen LogP contribution in [0.25, 0.3) is 0 Å². The number of carbonyl (C=O) groups excluding carboxylic acids is 4. The maximum absolute atomic E-state index is 12.7. The van der Waals surface area contributed by atoms with Gasteiger partial charge in [0.05, 0.1) is 22.4 Å². The minimum Gasteiger partial charge on any atom is -0.454 e. The summed E-state index contributed by atoms with van der Waals surface area (Å²) in [6.45, 7) is 2.78. The van der Waals surface area contributed by atoms with Crippen LogP contribution >= 0.6 is 0 Å². The standard InChI is InChI=1S/C19H15NO5/c1-11-5-3-4-6-16(11)20-17(22)14-8-7-13(9-15(14)18(20)23)19(24)25-10-12(2)21/h3-9H,10H2,1-2H3. The maximum Gasteiger partial charge on any atom is 0.338 e. The summed E-state index contributed by atoms with van der Waals surface area (Å²) in [4.78, 5) is 49.3. The molecule has 0 atom stereocenters. The Morgan fingerprint density at radius 3 is 2.36 bits per heavy atom. The Kier molecular flexibility index (Phi) is 4.19. The summed E-state index contributed by atoms with van der Waals surface area (Å²) in [5.74, 6) is -1.92. The third-order valence-electron chi connectivity index (χ3n) is 3.89. The average Bonchev–Trinajstić information content (AvgIpc) is 2.84. The number of carbonyl (C=O) groups is 4. The summed E-state index contributed by atoms with van der Waals surface area (Å²) < 4.78 is 4.84. The number of amides is 2. The SMILES string of the molecule is CC(=O)COC(=O)c1ccc2c(c1)C(=O)N(c1ccccc1C)C2=O. The first-order valence-corrected chi connectivity index (χ1v) is 7.65. The number of hydrogen-bond donors (Lipinski definition) is 0. The van der Waals surface area contributed by atoms with Crippen LogP contribution in [-0.4, -0.2) is 30.2 Å². The van der Waals surface area contributed by atoms with E-state index in [9.17, 15) is 19.2 Å². The highest BCUT2D eigenvalue weighted by atomic mass is 16.5. The van der Waals surface area contributed by atoms with E-state index in [0.717, 1.165) is 10.5 Å². The fraction of sp³-hybridized carbons (Fsp3) is 0.158. The molecule has 0 bridgehead atoms. The molecule has 0 aliphatic carbocycles. The Hall–Kier alpha value is -3.28. The highest BCUT2D eigenvalue weighted by Crippen LogP contribution is 2.31. The minimum absolute atomic E-state index is 0.118. The summed E-state index contributed by atoms with van der Waals surface area (Å²) in [6.07, 6.45) is 0. The largest absolute Gasteiger partial charge is 0.454 e. The van der Waals surface area contributed by atoms with Crippen LogP contribution in [0, 0.1) is 6.92 Å². The summed E-state index contributed by atoms with van der Waals surface area (Å²) in [6, 6.07) is 11.2. The molecule has 2 amide bonds. The van der Waals surface area contributed by atoms with Crippen LogP contribution in [0.5, 0.6) is 0 Å². The van der Waals surface area contributed by atoms with Crippen molar-refractivity contribution in [2.75, 3.05) is 11.5 Å². The van der Waals surface area contributed by atoms with E-state index in [2.05, 4.69) is 0 Å². The van der Waals surface area contributed by atoms with Crippen LogP contribution in [0.3, 0.4) is 0 Å². The van der Waals surface area contributed by atoms with Gasteiger partial charge in [-0.1, -0.05) is 18.2 Å². The van der Waals surface area contributed by atoms with Crippen LogP contribution < -0.4 is 4.90 Å². The fourth-order valence-corrected chi connectivity index (χ4v) is 2.65. The lowest BCUT2D eigenvalue weighted by molar-refractivity contribution is -0.120. The molecule has 6 heteroatoms. The zero-order valence-corrected chi connectivity index (χ0v) is 13.7. The fourth-order valence-electron chi connectivity index (χ4n) is 2.65. The minimum atomic E-state index is -0.715. The number of Topliss-reactive ketones (excluding diaryl/α,β-unsaturated/α-hetero) is 1. The van der Waals surface area contributed by atoms with Crippen molar-refractivity contribution in [2.45, 2.75) is 13.8 Å². The average molecular weight is 337 g/mol. The van der Waals surface area contributed by atoms with Gasteiger partial charge in [-0.15, -0.1) is 0 Å². The second kappa shape index (κ2) is 6.32. The lowest BCUT2D eigenvalue weighted by Crippen LogP contribution is -2.29. The van der Waals surface area contributed by atoms with Crippen molar-refractivity contribution in [1.82, 2.24) is 0 Å². The topological polar surface area (TPSA) is 80.8 Å². The van der Waals surface area contributed by atoms with E-state index in [4.69, 9.17) is 4.74 Å². The summed E-state index contributed by atoms with van der Waals surface area (Å²) >= 11 is 0. The van der Waals surface area contributed by atoms with Crippen molar-refractivity contribution < 1.29 is 23.9 Å². The molecule has 0 unspecified atom stereocenters. The molecule has 1 heterocycles. The summed E-state index contributed by atoms with van der Waals surface area (Å²) in [5.41, 5.74) is 1.79. The number of aryl methyl sites for hydroxylation is 1. The Morgan fingerprint density at radius 1 is 1.00 bits per heavy atom. The zero-order valence-electron chi connectivity index (χ0n) is 13.7. The molecule has 0 radical (unpaired) electrons. The van der Waals surface area contributed by atoms with Crippen molar-refractivity contribution >= 4 is 29.3 Å². The number of anilines is 1. The van der Waals surface area contributed by atoms with E-state index in [0.29, 0.717) is 5.69 Å². The highest BCUT2D eigenvalue weighted by Gasteiger charge is 2.37. The van der Waals surface area contributed by atoms with E-state index in [-0.39, 0.29) is 29.1 Å². The quantitative estimate of drug-likeness (QED) is 0.633. The van der Waals surface area contributed by atoms with Gasteiger partial charge in [0, 0.05) is 0 Å². The van der Waals surface area contributed by atoms with Crippen molar-refractivity contribution in [3.05, 3.63) is 64.7 Å². The van der Waals surface area contributed by atoms with Crippen molar-refractivity contribution in [3.8, 4) is 0 Å². The van der Waals surface area contributed by atoms with Gasteiger partial charge in [-0.25, -0.2) is 9.69 Å². The molecule has 126 valence electrons. The van der Waals surface area contributed by atoms with Crippen molar-refractivity contribution in [3.63, 3.8) is 0 Å². The lowest BCUT2D eigenvalue weighted by Gasteiger charge is -2.16. The molecule has 2 aromatic carbocycles. The van der Waals surface area contributed by atoms with Crippen LogP contribution in [0.1, 0.15) is 43.6 Å². The smallest absolute Gasteiger partial charge is 0.338 e. The van der Waals surface area contributed by atoms with Gasteiger partial charge in [-0.05, 0) is 43.7 Å². The van der Waals surface area contributed by atoms with Crippen LogP contribution in [0.2, 0.25) is 0 Å². The van der Waals surface area contributed by atoms with Gasteiger partial charge in [-0.3, -0.25) is 14.4 Å². The zero-order chi connectivity index (χ0) is 18.1. The van der Waals surface area contributed by atoms with Gasteiger partial charge >= 0.3 is 5.97 Å². The molecule has 6 nitrogen and oxygen atoms in total. The first kappa shape index (κ1) is 16.6. The number of hydrogen-bond acceptors (Lipinski definition) is 5. The number of benzene rings is 2. The Morgan fingerprint density at radius 2 is 1.68 bits per heavy atom. The van der Waals surface area contributed by atoms with E-state index in [1.54, 1.807) is 12.1 Å². The number of ketones is 1. The molecular formula is C19H15NO5. The molecule has 1 aliphatic heterocycles. The second-order valence-corrected chi connectivity index (χ2v) is 5.77. The Labute approximate surface area is 144 Å². The molecule has 2 aromatic rings. The van der Waals surface area contributed by atoms with Crippen LogP contribution in [0.4, 0.5) is 5.69 Å². The number of nitrogens with zero attached hydrogens (tertiary/aromatic N) is 1.